The van der Waals surface area contributed by atoms with E-state index in [1.807, 2.05) is 0 Å². The van der Waals surface area contributed by atoms with Gasteiger partial charge >= 0.3 is 5.70 Å². The molecule has 0 aromatic rings. The highest BCUT2D eigenvalue weighted by molar-refractivity contribution is 6.08. The molecule has 0 bridgehead atoms. The first-order valence-electron chi connectivity index (χ1n) is 2.26. The van der Waals surface area contributed by atoms with Crippen molar-refractivity contribution in [2.45, 2.75) is 0 Å². The predicted octanol–water partition coefficient (Wildman–Crippen LogP) is 0.385. The van der Waals surface area contributed by atoms with Gasteiger partial charge in [-0.2, -0.15) is 0 Å². The van der Waals surface area contributed by atoms with E-state index in [9.17, 15) is 4.79 Å². The standard InChI is InChI=1S/C5H2N2O/c6-7-3-1-2-4(8)5(3)7/h1-2H. The zero-order chi connectivity index (χ0) is 5.72. The summed E-state index contributed by atoms with van der Waals surface area (Å²) in [5.41, 5.74) is 9.69. The molecule has 0 N–H and O–H groups in total. The lowest BCUT2D eigenvalue weighted by Crippen LogP contribution is -1.92. The second kappa shape index (κ2) is 0.798. The summed E-state index contributed by atoms with van der Waals surface area (Å²) in [7, 11) is 0. The molecule has 0 saturated heterocycles. The average Bonchev–Trinajstić information content (AvgIpc) is 2.13. The molecule has 3 heteroatoms. The van der Waals surface area contributed by atoms with Crippen LogP contribution in [0, 0.1) is 0 Å². The molecule has 8 heavy (non-hydrogen) atoms. The van der Waals surface area contributed by atoms with Crippen molar-refractivity contribution in [3.8, 4) is 0 Å². The number of nitrogens with zero attached hydrogens (tertiary/aromatic N) is 2. The number of ketones is 1. The maximum atomic E-state index is 10.5. The molecule has 1 aliphatic heterocycles. The second-order valence-electron chi connectivity index (χ2n) is 1.74. The van der Waals surface area contributed by atoms with E-state index in [0.717, 1.165) is 4.70 Å². The predicted molar refractivity (Wildman–Crippen MR) is 24.8 cm³/mol. The molecule has 38 valence electrons. The third-order valence-electron chi connectivity index (χ3n) is 1.26. The van der Waals surface area contributed by atoms with Gasteiger partial charge in [0.1, 0.15) is 0 Å². The van der Waals surface area contributed by atoms with Gasteiger partial charge in [-0.05, 0) is 6.08 Å². The Labute approximate surface area is 45.4 Å². The average molecular weight is 106 g/mol. The Morgan fingerprint density at radius 1 is 1.50 bits per heavy atom. The van der Waals surface area contributed by atoms with Crippen LogP contribution >= 0.6 is 0 Å². The smallest absolute Gasteiger partial charge is 0.319 e. The fourth-order valence-corrected chi connectivity index (χ4v) is 0.782. The first-order chi connectivity index (χ1) is 3.80. The molecule has 0 saturated carbocycles. The lowest BCUT2D eigenvalue weighted by molar-refractivity contribution is -0.342. The van der Waals surface area contributed by atoms with E-state index in [1.165, 1.54) is 6.08 Å². The van der Waals surface area contributed by atoms with E-state index < -0.39 is 0 Å². The van der Waals surface area contributed by atoms with Crippen LogP contribution in [0.15, 0.2) is 23.5 Å². The summed E-state index contributed by atoms with van der Waals surface area (Å²) in [5.74, 6) is -0.0949. The quantitative estimate of drug-likeness (QED) is 0.412. The van der Waals surface area contributed by atoms with Gasteiger partial charge in [0.25, 0.3) is 11.5 Å². The molecule has 0 atom stereocenters. The van der Waals surface area contributed by atoms with E-state index in [1.54, 1.807) is 6.08 Å². The van der Waals surface area contributed by atoms with Crippen molar-refractivity contribution in [3.63, 3.8) is 0 Å². The zero-order valence-corrected chi connectivity index (χ0v) is 3.96. The Bertz CT molecular complexity index is 252. The Kier molecular flexibility index (Phi) is 0.371. The minimum Gasteiger partial charge on any atom is -0.493 e. The topological polar surface area (TPSA) is 42.4 Å². The maximum absolute atomic E-state index is 10.5. The molecular formula is C5H2N2O. The van der Waals surface area contributed by atoms with Crippen LogP contribution in [0.5, 0.6) is 0 Å². The van der Waals surface area contributed by atoms with E-state index >= 15 is 0 Å². The molecule has 0 aromatic heterocycles. The van der Waals surface area contributed by atoms with Crippen molar-refractivity contribution in [1.82, 2.24) is 0 Å². The van der Waals surface area contributed by atoms with Crippen molar-refractivity contribution in [2.24, 2.45) is 0 Å². The molecule has 0 fully saturated rings. The van der Waals surface area contributed by atoms with Crippen LogP contribution in [-0.2, 0) is 4.79 Å². The number of allylic oxidation sites excluding steroid dienone is 2. The number of carbonyl (C=O) groups is 1. The Morgan fingerprint density at radius 2 is 2.25 bits per heavy atom. The molecule has 1 heterocycles. The lowest BCUT2D eigenvalue weighted by atomic mass is 10.4. The van der Waals surface area contributed by atoms with Crippen LogP contribution in [0.1, 0.15) is 0 Å². The van der Waals surface area contributed by atoms with Crippen molar-refractivity contribution in [1.29, 1.82) is 0 Å². The Morgan fingerprint density at radius 3 is 2.50 bits per heavy atom. The van der Waals surface area contributed by atoms with Gasteiger partial charge in [-0.3, -0.25) is 4.79 Å². The Balaban J connectivity index is 2.57. The van der Waals surface area contributed by atoms with Gasteiger partial charge in [0, 0.05) is 6.08 Å². The molecule has 0 spiro atoms. The Hall–Kier alpha value is -1.25. The largest absolute Gasteiger partial charge is 0.493 e. The fourth-order valence-electron chi connectivity index (χ4n) is 0.782. The van der Waals surface area contributed by atoms with Crippen molar-refractivity contribution >= 4 is 5.78 Å². The van der Waals surface area contributed by atoms with Crippen LogP contribution in [0.4, 0.5) is 0 Å². The SMILES string of the molecule is [N-]=[N+]1C2=C1C(=O)C=C2. The minimum atomic E-state index is -0.0949. The highest BCUT2D eigenvalue weighted by Gasteiger charge is 2.45. The van der Waals surface area contributed by atoms with Crippen molar-refractivity contribution in [2.75, 3.05) is 0 Å². The first kappa shape index (κ1) is 3.72. The van der Waals surface area contributed by atoms with Gasteiger partial charge in [0.2, 0.25) is 0 Å². The summed E-state index contributed by atoms with van der Waals surface area (Å²) in [4.78, 5) is 10.5. The van der Waals surface area contributed by atoms with Gasteiger partial charge in [0.05, 0.1) is 0 Å². The van der Waals surface area contributed by atoms with Crippen LogP contribution < -0.4 is 0 Å². The monoisotopic (exact) mass is 106 g/mol. The van der Waals surface area contributed by atoms with Crippen LogP contribution in [0.3, 0.4) is 0 Å². The normalized spacial score (nSPS) is 22.5. The lowest BCUT2D eigenvalue weighted by Gasteiger charge is -1.79. The van der Waals surface area contributed by atoms with E-state index in [-0.39, 0.29) is 5.78 Å². The van der Waals surface area contributed by atoms with Gasteiger partial charge < -0.3 is 5.53 Å². The summed E-state index contributed by atoms with van der Waals surface area (Å²) < 4.78 is 0.891. The first-order valence-corrected chi connectivity index (χ1v) is 2.26. The molecule has 1 aliphatic carbocycles. The van der Waals surface area contributed by atoms with Gasteiger partial charge in [-0.15, -0.1) is 0 Å². The molecule has 0 radical (unpaired) electrons. The molecule has 0 unspecified atom stereocenters. The second-order valence-corrected chi connectivity index (χ2v) is 1.74. The molecule has 0 aromatic carbocycles. The summed E-state index contributed by atoms with van der Waals surface area (Å²) in [6.07, 6.45) is 3.04. The van der Waals surface area contributed by atoms with E-state index in [0.29, 0.717) is 11.4 Å². The zero-order valence-electron chi connectivity index (χ0n) is 3.96. The van der Waals surface area contributed by atoms with Crippen LogP contribution in [-0.4, -0.2) is 10.5 Å². The third kappa shape index (κ3) is 0.212. The summed E-state index contributed by atoms with van der Waals surface area (Å²) in [5, 5.41) is 0. The molecule has 2 aliphatic rings. The van der Waals surface area contributed by atoms with E-state index in [4.69, 9.17) is 5.53 Å². The molecule has 2 rings (SSSR count). The summed E-state index contributed by atoms with van der Waals surface area (Å²) in [6, 6.07) is 0. The number of hydrogen-bond donors (Lipinski definition) is 0. The van der Waals surface area contributed by atoms with E-state index in [2.05, 4.69) is 0 Å². The number of hydrogen-bond acceptors (Lipinski definition) is 1. The highest BCUT2D eigenvalue weighted by atomic mass is 16.1. The minimum absolute atomic E-state index is 0.0949. The summed E-state index contributed by atoms with van der Waals surface area (Å²) in [6.45, 7) is 0. The van der Waals surface area contributed by atoms with Crippen molar-refractivity contribution < 1.29 is 9.49 Å². The van der Waals surface area contributed by atoms with Gasteiger partial charge in [0.15, 0.2) is 0 Å². The summed E-state index contributed by atoms with van der Waals surface area (Å²) >= 11 is 0. The molecule has 3 nitrogen and oxygen atoms in total. The fraction of sp³-hybridized carbons (Fsp3) is 0. The number of carbonyl (C=O) groups excluding carboxylic acids is 1. The maximum Gasteiger partial charge on any atom is 0.319 e. The molecular weight excluding hydrogens is 104 g/mol. The van der Waals surface area contributed by atoms with Crippen molar-refractivity contribution in [3.05, 3.63) is 29.1 Å². The van der Waals surface area contributed by atoms with Crippen LogP contribution in [0.2, 0.25) is 0 Å². The third-order valence-corrected chi connectivity index (χ3v) is 1.26. The van der Waals surface area contributed by atoms with Gasteiger partial charge in [-0.1, -0.05) is 0 Å². The van der Waals surface area contributed by atoms with Gasteiger partial charge in [-0.25, -0.2) is 4.70 Å². The highest BCUT2D eigenvalue weighted by Crippen LogP contribution is 2.32. The number of rotatable bonds is 0. The van der Waals surface area contributed by atoms with Crippen LogP contribution in [0.25, 0.3) is 5.53 Å². The molecule has 0 amide bonds.